The predicted octanol–water partition coefficient (Wildman–Crippen LogP) is 0.705. The third-order valence-corrected chi connectivity index (χ3v) is 4.41. The number of aliphatic carboxylic acids is 2. The van der Waals surface area contributed by atoms with Crippen molar-refractivity contribution in [3.63, 3.8) is 0 Å². The van der Waals surface area contributed by atoms with E-state index in [-0.39, 0.29) is 18.9 Å². The summed E-state index contributed by atoms with van der Waals surface area (Å²) in [5.74, 6) is -3.56. The van der Waals surface area contributed by atoms with Crippen LogP contribution in [-0.4, -0.2) is 58.5 Å². The molecule has 1 aromatic carbocycles. The lowest BCUT2D eigenvalue weighted by Gasteiger charge is -2.29. The molecule has 0 aliphatic heterocycles. The zero-order valence-corrected chi connectivity index (χ0v) is 18.3. The van der Waals surface area contributed by atoms with Gasteiger partial charge in [0.2, 0.25) is 11.8 Å². The van der Waals surface area contributed by atoms with Gasteiger partial charge in [-0.1, -0.05) is 20.8 Å². The van der Waals surface area contributed by atoms with Crippen LogP contribution >= 0.6 is 0 Å². The largest absolute Gasteiger partial charge is 0.494 e. The fourth-order valence-electron chi connectivity index (χ4n) is 2.70. The van der Waals surface area contributed by atoms with E-state index in [0.717, 1.165) is 0 Å². The molecule has 1 aromatic rings. The van der Waals surface area contributed by atoms with Crippen LogP contribution in [0.3, 0.4) is 0 Å². The average molecular weight is 450 g/mol. The van der Waals surface area contributed by atoms with E-state index in [4.69, 9.17) is 21.0 Å². The molecule has 176 valence electrons. The van der Waals surface area contributed by atoms with Crippen molar-refractivity contribution in [3.05, 3.63) is 29.8 Å². The maximum atomic E-state index is 12.5. The van der Waals surface area contributed by atoms with E-state index >= 15 is 0 Å². The van der Waals surface area contributed by atoms with Crippen molar-refractivity contribution in [3.8, 4) is 5.75 Å². The lowest BCUT2D eigenvalue weighted by molar-refractivity contribution is -0.146. The van der Waals surface area contributed by atoms with Crippen molar-refractivity contribution in [1.29, 1.82) is 5.41 Å². The maximum absolute atomic E-state index is 12.5. The number of carboxylic acids is 2. The van der Waals surface area contributed by atoms with Crippen molar-refractivity contribution < 1.29 is 34.1 Å². The molecule has 0 saturated heterocycles. The Hall–Kier alpha value is -3.63. The van der Waals surface area contributed by atoms with Crippen LogP contribution in [0.15, 0.2) is 24.3 Å². The maximum Gasteiger partial charge on any atom is 0.326 e. The molecule has 7 N–H and O–H groups in total. The normalized spacial score (nSPS) is 12.8. The summed E-state index contributed by atoms with van der Waals surface area (Å²) >= 11 is 0. The Balaban J connectivity index is 2.60. The van der Waals surface area contributed by atoms with Gasteiger partial charge in [0.25, 0.3) is 0 Å². The third kappa shape index (κ3) is 9.02. The van der Waals surface area contributed by atoms with E-state index in [1.54, 1.807) is 45.0 Å². The number of nitrogens with one attached hydrogen (secondary N) is 3. The summed E-state index contributed by atoms with van der Waals surface area (Å²) in [6.45, 7) is 5.03. The molecule has 1 rings (SSSR count). The van der Waals surface area contributed by atoms with Crippen molar-refractivity contribution in [2.45, 2.75) is 52.1 Å². The molecule has 2 amide bonds. The van der Waals surface area contributed by atoms with Gasteiger partial charge < -0.3 is 31.3 Å². The molecule has 0 saturated carbocycles. The number of nitrogen functional groups attached to an aromatic ring is 1. The van der Waals surface area contributed by atoms with E-state index in [9.17, 15) is 24.3 Å². The zero-order chi connectivity index (χ0) is 24.5. The number of benzene rings is 1. The Bertz CT molecular complexity index is 847. The number of carboxylic acid groups (broad SMARTS) is 2. The molecular formula is C21H30N4O7. The minimum Gasteiger partial charge on any atom is -0.494 e. The Labute approximate surface area is 185 Å². The molecule has 0 aromatic heterocycles. The van der Waals surface area contributed by atoms with Gasteiger partial charge in [-0.2, -0.15) is 0 Å². The first-order chi connectivity index (χ1) is 14.8. The van der Waals surface area contributed by atoms with Gasteiger partial charge in [0.15, 0.2) is 0 Å². The Kier molecular flexibility index (Phi) is 9.64. The topological polar surface area (TPSA) is 192 Å². The third-order valence-electron chi connectivity index (χ3n) is 4.41. The number of amidine groups is 1. The van der Waals surface area contributed by atoms with E-state index < -0.39 is 47.7 Å². The predicted molar refractivity (Wildman–Crippen MR) is 115 cm³/mol. The number of carbonyl (C=O) groups is 4. The zero-order valence-electron chi connectivity index (χ0n) is 18.3. The first-order valence-corrected chi connectivity index (χ1v) is 9.93. The first kappa shape index (κ1) is 26.4. The Morgan fingerprint density at radius 3 is 2.16 bits per heavy atom. The number of nitrogens with two attached hydrogens (primary N) is 1. The minimum atomic E-state index is -1.41. The minimum absolute atomic E-state index is 0.0312. The summed E-state index contributed by atoms with van der Waals surface area (Å²) in [7, 11) is 0. The highest BCUT2D eigenvalue weighted by Gasteiger charge is 2.35. The fourth-order valence-corrected chi connectivity index (χ4v) is 2.70. The molecule has 0 aliphatic rings. The lowest BCUT2D eigenvalue weighted by Crippen LogP contribution is -2.55. The van der Waals surface area contributed by atoms with Gasteiger partial charge in [-0.25, -0.2) is 4.79 Å². The lowest BCUT2D eigenvalue weighted by atomic mass is 9.86. The number of amides is 2. The van der Waals surface area contributed by atoms with Gasteiger partial charge >= 0.3 is 11.9 Å². The molecule has 11 nitrogen and oxygen atoms in total. The molecule has 0 heterocycles. The number of hydrogen-bond acceptors (Lipinski definition) is 6. The van der Waals surface area contributed by atoms with Crippen LogP contribution in [0.5, 0.6) is 5.75 Å². The Morgan fingerprint density at radius 1 is 1.09 bits per heavy atom. The van der Waals surface area contributed by atoms with Crippen molar-refractivity contribution in [2.24, 2.45) is 11.1 Å². The molecule has 2 atom stereocenters. The van der Waals surface area contributed by atoms with E-state index in [1.165, 1.54) is 0 Å². The van der Waals surface area contributed by atoms with Crippen LogP contribution in [0, 0.1) is 10.8 Å². The van der Waals surface area contributed by atoms with Gasteiger partial charge in [-0.3, -0.25) is 19.8 Å². The number of carbonyl (C=O) groups excluding carboxylic acids is 2. The quantitative estimate of drug-likeness (QED) is 0.152. The second-order valence-corrected chi connectivity index (χ2v) is 8.25. The second kappa shape index (κ2) is 11.7. The summed E-state index contributed by atoms with van der Waals surface area (Å²) in [6, 6.07) is 3.86. The summed E-state index contributed by atoms with van der Waals surface area (Å²) in [5.41, 5.74) is 5.11. The fraction of sp³-hybridized carbons (Fsp3) is 0.476. The molecular weight excluding hydrogens is 420 g/mol. The van der Waals surface area contributed by atoms with E-state index in [2.05, 4.69) is 10.6 Å². The summed E-state index contributed by atoms with van der Waals surface area (Å²) in [6.07, 6.45) is -0.426. The highest BCUT2D eigenvalue weighted by atomic mass is 16.5. The molecule has 0 radical (unpaired) electrons. The van der Waals surface area contributed by atoms with Gasteiger partial charge in [0.1, 0.15) is 23.7 Å². The van der Waals surface area contributed by atoms with Gasteiger partial charge in [0.05, 0.1) is 13.0 Å². The molecule has 0 spiro atoms. The number of rotatable bonds is 12. The van der Waals surface area contributed by atoms with Gasteiger partial charge in [0, 0.05) is 12.0 Å². The molecule has 0 fully saturated rings. The van der Waals surface area contributed by atoms with Crippen LogP contribution in [0.2, 0.25) is 0 Å². The molecule has 0 unspecified atom stereocenters. The van der Waals surface area contributed by atoms with Crippen molar-refractivity contribution in [1.82, 2.24) is 10.6 Å². The van der Waals surface area contributed by atoms with Crippen LogP contribution in [0.25, 0.3) is 0 Å². The van der Waals surface area contributed by atoms with Crippen molar-refractivity contribution >= 4 is 29.6 Å². The van der Waals surface area contributed by atoms with Crippen LogP contribution in [0.4, 0.5) is 0 Å². The second-order valence-electron chi connectivity index (χ2n) is 8.25. The summed E-state index contributed by atoms with van der Waals surface area (Å²) in [4.78, 5) is 47.2. The van der Waals surface area contributed by atoms with Gasteiger partial charge in [-0.15, -0.1) is 0 Å². The number of ether oxygens (including phenoxy) is 1. The van der Waals surface area contributed by atoms with E-state index in [1.807, 2.05) is 0 Å². The average Bonchev–Trinajstić information content (AvgIpc) is 2.67. The van der Waals surface area contributed by atoms with Crippen molar-refractivity contribution in [2.75, 3.05) is 6.61 Å². The standard InChI is InChI=1S/C21H30N4O7/c1-21(2,3)17(20(30)31)25-19(29)14(11-16(27)28)24-15(26)5-4-10-32-13-8-6-12(7-9-13)18(22)23/h6-9,14,17H,4-5,10-11H2,1-3H3,(H3,22,23)(H,24,26)(H,25,29)(H,27,28)(H,30,31)/t14-,17+/m0/s1. The van der Waals surface area contributed by atoms with Gasteiger partial charge in [-0.05, 0) is 36.1 Å². The highest BCUT2D eigenvalue weighted by Crippen LogP contribution is 2.19. The first-order valence-electron chi connectivity index (χ1n) is 9.93. The number of hydrogen-bond donors (Lipinski definition) is 6. The SMILES string of the molecule is CC(C)(C)[C@H](NC(=O)[C@H](CC(=O)O)NC(=O)CCCOc1ccc(C(=N)N)cc1)C(=O)O. The summed E-state index contributed by atoms with van der Waals surface area (Å²) in [5, 5.41) is 30.4. The molecule has 32 heavy (non-hydrogen) atoms. The van der Waals surface area contributed by atoms with Crippen LogP contribution < -0.4 is 21.1 Å². The molecule has 0 bridgehead atoms. The van der Waals surface area contributed by atoms with E-state index in [0.29, 0.717) is 17.7 Å². The molecule has 0 aliphatic carbocycles. The monoisotopic (exact) mass is 450 g/mol. The van der Waals surface area contributed by atoms with Crippen LogP contribution in [0.1, 0.15) is 45.6 Å². The smallest absolute Gasteiger partial charge is 0.326 e. The molecule has 11 heteroatoms. The highest BCUT2D eigenvalue weighted by molar-refractivity contribution is 5.95. The summed E-state index contributed by atoms with van der Waals surface area (Å²) < 4.78 is 5.49. The Morgan fingerprint density at radius 2 is 1.69 bits per heavy atom. The van der Waals surface area contributed by atoms with Crippen LogP contribution in [-0.2, 0) is 19.2 Å².